The van der Waals surface area contributed by atoms with Gasteiger partial charge in [-0.3, -0.25) is 9.36 Å². The van der Waals surface area contributed by atoms with Crippen LogP contribution in [0.1, 0.15) is 73.9 Å². The lowest BCUT2D eigenvalue weighted by Crippen LogP contribution is -2.35. The van der Waals surface area contributed by atoms with E-state index in [4.69, 9.17) is 9.84 Å². The van der Waals surface area contributed by atoms with Crippen molar-refractivity contribution < 1.29 is 9.84 Å². The summed E-state index contributed by atoms with van der Waals surface area (Å²) < 4.78 is 9.65. The number of nitriles is 1. The smallest absolute Gasteiger partial charge is 0.259 e. The molecule has 2 aromatic carbocycles. The van der Waals surface area contributed by atoms with Gasteiger partial charge in [-0.05, 0) is 61.3 Å². The average molecular weight is 526 g/mol. The molecule has 1 saturated carbocycles. The molecule has 8 heteroatoms. The van der Waals surface area contributed by atoms with Crippen molar-refractivity contribution in [1.82, 2.24) is 19.2 Å². The van der Waals surface area contributed by atoms with E-state index in [1.54, 1.807) is 6.33 Å². The molecule has 8 nitrogen and oxygen atoms in total. The molecule has 0 atom stereocenters. The van der Waals surface area contributed by atoms with E-state index in [0.29, 0.717) is 30.8 Å². The second kappa shape index (κ2) is 12.4. The van der Waals surface area contributed by atoms with Gasteiger partial charge in [-0.1, -0.05) is 55.8 Å². The first-order valence-electron chi connectivity index (χ1n) is 13.9. The maximum atomic E-state index is 14.1. The van der Waals surface area contributed by atoms with Crippen LogP contribution in [-0.2, 0) is 17.6 Å². The molecule has 0 aliphatic heterocycles. The quantitative estimate of drug-likeness (QED) is 0.297. The van der Waals surface area contributed by atoms with E-state index in [9.17, 15) is 10.1 Å². The Labute approximate surface area is 228 Å². The van der Waals surface area contributed by atoms with Gasteiger partial charge in [-0.25, -0.2) is 4.52 Å². The highest BCUT2D eigenvalue weighted by molar-refractivity contribution is 5.70. The fourth-order valence-electron chi connectivity index (χ4n) is 5.70. The van der Waals surface area contributed by atoms with E-state index in [2.05, 4.69) is 23.1 Å². The van der Waals surface area contributed by atoms with E-state index < -0.39 is 0 Å². The molecule has 202 valence electrons. The van der Waals surface area contributed by atoms with Gasteiger partial charge in [0, 0.05) is 31.2 Å². The fourth-order valence-corrected chi connectivity index (χ4v) is 5.70. The van der Waals surface area contributed by atoms with Crippen LogP contribution in [0.5, 0.6) is 0 Å². The van der Waals surface area contributed by atoms with Crippen LogP contribution in [0.3, 0.4) is 0 Å². The highest BCUT2D eigenvalue weighted by Crippen LogP contribution is 2.31. The fraction of sp³-hybridized carbons (Fsp3) is 0.419. The van der Waals surface area contributed by atoms with Gasteiger partial charge >= 0.3 is 0 Å². The number of ether oxygens (including phenoxy) is 1. The van der Waals surface area contributed by atoms with Gasteiger partial charge in [-0.15, -0.1) is 0 Å². The van der Waals surface area contributed by atoms with Crippen molar-refractivity contribution in [3.05, 3.63) is 87.6 Å². The highest BCUT2D eigenvalue weighted by Gasteiger charge is 2.28. The number of nitrogens with zero attached hydrogens (tertiary/aromatic N) is 5. The second-order valence-electron chi connectivity index (χ2n) is 10.2. The summed E-state index contributed by atoms with van der Waals surface area (Å²) in [6, 6.07) is 18.0. The minimum atomic E-state index is 0.0162. The third kappa shape index (κ3) is 5.65. The van der Waals surface area contributed by atoms with E-state index in [1.165, 1.54) is 0 Å². The van der Waals surface area contributed by atoms with Crippen molar-refractivity contribution in [3.8, 4) is 17.2 Å². The Morgan fingerprint density at radius 3 is 2.59 bits per heavy atom. The van der Waals surface area contributed by atoms with Gasteiger partial charge < -0.3 is 9.84 Å². The Hall–Kier alpha value is -3.80. The van der Waals surface area contributed by atoms with Crippen LogP contribution < -0.4 is 5.56 Å². The largest absolute Gasteiger partial charge is 0.396 e. The molecule has 1 aliphatic rings. The molecular formula is C31H35N5O3. The van der Waals surface area contributed by atoms with Crippen molar-refractivity contribution >= 4 is 5.78 Å². The lowest BCUT2D eigenvalue weighted by Gasteiger charge is -2.30. The van der Waals surface area contributed by atoms with Crippen LogP contribution in [0.25, 0.3) is 16.9 Å². The van der Waals surface area contributed by atoms with Crippen molar-refractivity contribution in [2.24, 2.45) is 0 Å². The number of hydrogen-bond donors (Lipinski definition) is 1. The first-order chi connectivity index (χ1) is 19.1. The summed E-state index contributed by atoms with van der Waals surface area (Å²) in [7, 11) is 0. The number of benzene rings is 2. The molecule has 1 fully saturated rings. The van der Waals surface area contributed by atoms with E-state index in [0.717, 1.165) is 66.5 Å². The van der Waals surface area contributed by atoms with Gasteiger partial charge in [0.25, 0.3) is 5.56 Å². The van der Waals surface area contributed by atoms with Gasteiger partial charge in [0.1, 0.15) is 6.33 Å². The Morgan fingerprint density at radius 2 is 1.87 bits per heavy atom. The number of fused-ring (bicyclic) bond motifs is 1. The topological polar surface area (TPSA) is 105 Å². The van der Waals surface area contributed by atoms with Gasteiger partial charge in [0.05, 0.1) is 23.4 Å². The maximum Gasteiger partial charge on any atom is 0.259 e. The molecule has 0 unspecified atom stereocenters. The normalized spacial score (nSPS) is 17.4. The highest BCUT2D eigenvalue weighted by atomic mass is 16.5. The zero-order valence-electron chi connectivity index (χ0n) is 22.4. The van der Waals surface area contributed by atoms with E-state index >= 15 is 0 Å². The third-order valence-electron chi connectivity index (χ3n) is 7.67. The average Bonchev–Trinajstić information content (AvgIpc) is 3.45. The monoisotopic (exact) mass is 525 g/mol. The van der Waals surface area contributed by atoms with Crippen LogP contribution in [0.2, 0.25) is 0 Å². The summed E-state index contributed by atoms with van der Waals surface area (Å²) in [5.74, 6) is 0.611. The number of aromatic nitrogens is 4. The Morgan fingerprint density at radius 1 is 1.10 bits per heavy atom. The van der Waals surface area contributed by atoms with Crippen LogP contribution >= 0.6 is 0 Å². The summed E-state index contributed by atoms with van der Waals surface area (Å²) in [6.45, 7) is 2.81. The van der Waals surface area contributed by atoms with Gasteiger partial charge in [0.15, 0.2) is 0 Å². The zero-order valence-corrected chi connectivity index (χ0v) is 22.4. The van der Waals surface area contributed by atoms with Gasteiger partial charge in [0.2, 0.25) is 5.78 Å². The first kappa shape index (κ1) is 26.8. The van der Waals surface area contributed by atoms with E-state index in [-0.39, 0.29) is 24.3 Å². The van der Waals surface area contributed by atoms with Crippen molar-refractivity contribution in [2.45, 2.75) is 70.4 Å². The molecule has 1 N–H and O–H groups in total. The molecule has 0 spiro atoms. The summed E-state index contributed by atoms with van der Waals surface area (Å²) in [5, 5.41) is 23.1. The second-order valence-corrected chi connectivity index (χ2v) is 10.2. The van der Waals surface area contributed by atoms with E-state index in [1.807, 2.05) is 57.6 Å². The number of aryl methyl sites for hydroxylation is 1. The van der Waals surface area contributed by atoms with Crippen molar-refractivity contribution in [1.29, 1.82) is 5.26 Å². The van der Waals surface area contributed by atoms with Crippen LogP contribution in [0.15, 0.2) is 59.7 Å². The molecule has 39 heavy (non-hydrogen) atoms. The molecule has 4 aromatic rings. The van der Waals surface area contributed by atoms with Crippen molar-refractivity contribution in [3.63, 3.8) is 0 Å². The van der Waals surface area contributed by atoms with Crippen LogP contribution in [-0.4, -0.2) is 43.6 Å². The summed E-state index contributed by atoms with van der Waals surface area (Å²) in [6.07, 6.45) is 7.92. The molecule has 0 saturated heterocycles. The summed E-state index contributed by atoms with van der Waals surface area (Å²) in [5.41, 5.74) is 5.26. The predicted octanol–water partition coefficient (Wildman–Crippen LogP) is 4.86. The number of hydrogen-bond acceptors (Lipinski definition) is 6. The van der Waals surface area contributed by atoms with Crippen LogP contribution in [0, 0.1) is 11.3 Å². The third-order valence-corrected chi connectivity index (χ3v) is 7.67. The molecule has 5 rings (SSSR count). The number of aliphatic hydroxyl groups is 1. The first-order valence-corrected chi connectivity index (χ1v) is 13.9. The molecule has 1 aliphatic carbocycles. The minimum Gasteiger partial charge on any atom is -0.396 e. The zero-order chi connectivity index (χ0) is 27.2. The molecule has 0 amide bonds. The Bertz CT molecular complexity index is 1510. The van der Waals surface area contributed by atoms with Crippen molar-refractivity contribution in [2.75, 3.05) is 13.2 Å². The lowest BCUT2D eigenvalue weighted by atomic mass is 9.92. The Balaban J connectivity index is 1.46. The minimum absolute atomic E-state index is 0.0162. The van der Waals surface area contributed by atoms with Crippen LogP contribution in [0.4, 0.5) is 0 Å². The predicted molar refractivity (Wildman–Crippen MR) is 150 cm³/mol. The SMILES string of the molecule is CCCc1c(Cc2ccc(-c3ccccc3C#N)cc2)c(=O)n(C2CCC(OCCCO)CC2)c2ncnn12. The maximum absolute atomic E-state index is 14.1. The molecule has 0 bridgehead atoms. The standard InChI is InChI=1S/C31H35N5O3/c1-2-6-29-28(19-22-9-11-23(12-10-22)27-8-4-3-7-24(27)20-32)30(38)35(31-33-21-34-36(29)31)25-13-15-26(16-14-25)39-18-5-17-37/h3-4,7-12,21,25-26,37H,2,5-6,13-19H2,1H3. The summed E-state index contributed by atoms with van der Waals surface area (Å²) in [4.78, 5) is 18.6. The number of aliphatic hydroxyl groups excluding tert-OH is 1. The molecule has 2 heterocycles. The Kier molecular flexibility index (Phi) is 8.50. The number of rotatable bonds is 10. The lowest BCUT2D eigenvalue weighted by molar-refractivity contribution is 0.0131. The summed E-state index contributed by atoms with van der Waals surface area (Å²) >= 11 is 0. The molecular weight excluding hydrogens is 490 g/mol. The molecule has 0 radical (unpaired) electrons. The molecule has 2 aromatic heterocycles. The van der Waals surface area contributed by atoms with Gasteiger partial charge in [-0.2, -0.15) is 15.3 Å².